The molecule has 212 valence electrons. The third kappa shape index (κ3) is 5.33. The van der Waals surface area contributed by atoms with Crippen LogP contribution in [0, 0.1) is 51.8 Å². The van der Waals surface area contributed by atoms with Gasteiger partial charge in [-0.2, -0.15) is 0 Å². The van der Waals surface area contributed by atoms with Crippen molar-refractivity contribution in [3.8, 4) is 0 Å². The standard InChI is InChI=1S/C34H58O3/c1-22(2)24(4)30(35)37-26-15-19-32(7)25(21-26)14-18-34(9)28-13-12-27(33(28,8)20-16-29(32)34)23(3)11-10-17-31(5,6)36/h14,22-24,26-29,36H,10-13,15-21H2,1-9H3/t23-,24-,26+,27-,28-,29-,32+,33-,34+/m1/s1. The number of carbonyl (C=O) groups is 1. The first-order valence-electron chi connectivity index (χ1n) is 15.7. The second-order valence-corrected chi connectivity index (χ2v) is 15.7. The average Bonchev–Trinajstić information content (AvgIpc) is 3.16. The van der Waals surface area contributed by atoms with Crippen LogP contribution >= 0.6 is 0 Å². The number of esters is 1. The molecule has 0 spiro atoms. The van der Waals surface area contributed by atoms with Gasteiger partial charge in [0, 0.05) is 6.42 Å². The minimum Gasteiger partial charge on any atom is -0.462 e. The molecule has 0 radical (unpaired) electrons. The van der Waals surface area contributed by atoms with Crippen molar-refractivity contribution in [2.45, 2.75) is 145 Å². The van der Waals surface area contributed by atoms with Crippen LogP contribution in [0.3, 0.4) is 0 Å². The summed E-state index contributed by atoms with van der Waals surface area (Å²) in [5.41, 5.74) is 2.13. The number of ether oxygens (including phenoxy) is 1. The summed E-state index contributed by atoms with van der Waals surface area (Å²) in [6.45, 7) is 20.5. The number of hydrogen-bond acceptors (Lipinski definition) is 3. The number of aliphatic hydroxyl groups is 1. The lowest BCUT2D eigenvalue weighted by atomic mass is 9.41. The first-order valence-corrected chi connectivity index (χ1v) is 15.7. The number of hydrogen-bond donors (Lipinski definition) is 1. The van der Waals surface area contributed by atoms with Crippen LogP contribution in [0.4, 0.5) is 0 Å². The van der Waals surface area contributed by atoms with Gasteiger partial charge >= 0.3 is 5.97 Å². The Morgan fingerprint density at radius 1 is 1.03 bits per heavy atom. The second-order valence-electron chi connectivity index (χ2n) is 15.7. The first-order chi connectivity index (χ1) is 17.1. The van der Waals surface area contributed by atoms with E-state index in [9.17, 15) is 9.90 Å². The second kappa shape index (κ2) is 10.3. The molecule has 37 heavy (non-hydrogen) atoms. The summed E-state index contributed by atoms with van der Waals surface area (Å²) in [5, 5.41) is 10.2. The van der Waals surface area contributed by atoms with E-state index in [0.29, 0.717) is 16.7 Å². The predicted octanol–water partition coefficient (Wildman–Crippen LogP) is 8.74. The third-order valence-electron chi connectivity index (χ3n) is 12.5. The fourth-order valence-electron chi connectivity index (χ4n) is 9.96. The molecular weight excluding hydrogens is 456 g/mol. The highest BCUT2D eigenvalue weighted by atomic mass is 16.5. The molecule has 4 aliphatic carbocycles. The summed E-state index contributed by atoms with van der Waals surface area (Å²) < 4.78 is 6.05. The van der Waals surface area contributed by atoms with Crippen LogP contribution in [0.25, 0.3) is 0 Å². The molecule has 0 saturated heterocycles. The Balaban J connectivity index is 1.47. The van der Waals surface area contributed by atoms with Crippen LogP contribution in [-0.4, -0.2) is 22.8 Å². The summed E-state index contributed by atoms with van der Waals surface area (Å²) in [7, 11) is 0. The van der Waals surface area contributed by atoms with Crippen molar-refractivity contribution < 1.29 is 14.6 Å². The van der Waals surface area contributed by atoms with Crippen molar-refractivity contribution in [1.82, 2.24) is 0 Å². The summed E-state index contributed by atoms with van der Waals surface area (Å²) in [4.78, 5) is 12.7. The van der Waals surface area contributed by atoms with E-state index >= 15 is 0 Å². The molecule has 0 aliphatic heterocycles. The van der Waals surface area contributed by atoms with Crippen LogP contribution in [-0.2, 0) is 9.53 Å². The summed E-state index contributed by atoms with van der Waals surface area (Å²) in [6, 6.07) is 0. The topological polar surface area (TPSA) is 46.5 Å². The monoisotopic (exact) mass is 514 g/mol. The van der Waals surface area contributed by atoms with E-state index in [-0.39, 0.29) is 23.4 Å². The number of allylic oxidation sites excluding steroid dienone is 1. The summed E-state index contributed by atoms with van der Waals surface area (Å²) in [5.74, 6) is 3.39. The summed E-state index contributed by atoms with van der Waals surface area (Å²) in [6.07, 6.45) is 15.8. The number of carbonyl (C=O) groups excluding carboxylic acids is 1. The molecule has 0 unspecified atom stereocenters. The van der Waals surface area contributed by atoms with Gasteiger partial charge < -0.3 is 9.84 Å². The maximum atomic E-state index is 12.7. The molecule has 0 aromatic carbocycles. The van der Waals surface area contributed by atoms with Crippen LogP contribution in [0.2, 0.25) is 0 Å². The van der Waals surface area contributed by atoms with Gasteiger partial charge in [-0.15, -0.1) is 0 Å². The highest BCUT2D eigenvalue weighted by Gasteiger charge is 2.64. The Morgan fingerprint density at radius 3 is 2.38 bits per heavy atom. The van der Waals surface area contributed by atoms with Crippen molar-refractivity contribution in [1.29, 1.82) is 0 Å². The van der Waals surface area contributed by atoms with E-state index < -0.39 is 5.60 Å². The van der Waals surface area contributed by atoms with Crippen molar-refractivity contribution in [2.75, 3.05) is 0 Å². The average molecular weight is 515 g/mol. The SMILES string of the molecule is CC(C)[C@@H](C)C(=O)O[C@H]1CC[C@@]2(C)C(=CC[C@@]3(C)[C@@H]4CC[C@H]([C@H](C)CCCC(C)(C)O)[C@@]4(C)CC[C@@H]32)C1. The molecule has 1 N–H and O–H groups in total. The van der Waals surface area contributed by atoms with E-state index in [2.05, 4.69) is 47.6 Å². The molecule has 3 nitrogen and oxygen atoms in total. The predicted molar refractivity (Wildman–Crippen MR) is 153 cm³/mol. The minimum absolute atomic E-state index is 0.00745. The third-order valence-corrected chi connectivity index (χ3v) is 12.5. The molecule has 0 aromatic rings. The van der Waals surface area contributed by atoms with Gasteiger partial charge in [0.05, 0.1) is 11.5 Å². The van der Waals surface area contributed by atoms with Crippen molar-refractivity contribution >= 4 is 5.97 Å². The Morgan fingerprint density at radius 2 is 1.73 bits per heavy atom. The molecular formula is C34H58O3. The molecule has 0 bridgehead atoms. The van der Waals surface area contributed by atoms with Gasteiger partial charge in [-0.05, 0) is 111 Å². The minimum atomic E-state index is -0.543. The lowest BCUT2D eigenvalue weighted by molar-refractivity contribution is -0.159. The van der Waals surface area contributed by atoms with Crippen LogP contribution in [0.5, 0.6) is 0 Å². The lowest BCUT2D eigenvalue weighted by Gasteiger charge is -2.63. The maximum Gasteiger partial charge on any atom is 0.309 e. The van der Waals surface area contributed by atoms with Gasteiger partial charge in [0.1, 0.15) is 6.10 Å². The van der Waals surface area contributed by atoms with Crippen LogP contribution in [0.1, 0.15) is 133 Å². The largest absolute Gasteiger partial charge is 0.462 e. The smallest absolute Gasteiger partial charge is 0.309 e. The van der Waals surface area contributed by atoms with Gasteiger partial charge in [-0.1, -0.05) is 73.0 Å². The van der Waals surface area contributed by atoms with Gasteiger partial charge in [-0.25, -0.2) is 0 Å². The van der Waals surface area contributed by atoms with E-state index in [4.69, 9.17) is 4.74 Å². The van der Waals surface area contributed by atoms with Gasteiger partial charge in [0.15, 0.2) is 0 Å². The fraction of sp³-hybridized carbons (Fsp3) is 0.912. The quantitative estimate of drug-likeness (QED) is 0.260. The van der Waals surface area contributed by atoms with Crippen LogP contribution in [0.15, 0.2) is 11.6 Å². The Bertz CT molecular complexity index is 867. The van der Waals surface area contributed by atoms with Gasteiger partial charge in [0.2, 0.25) is 0 Å². The van der Waals surface area contributed by atoms with Crippen LogP contribution < -0.4 is 0 Å². The van der Waals surface area contributed by atoms with E-state index in [0.717, 1.165) is 55.8 Å². The molecule has 4 rings (SSSR count). The molecule has 0 amide bonds. The Kier molecular flexibility index (Phi) is 8.11. The maximum absolute atomic E-state index is 12.7. The molecule has 9 atom stereocenters. The van der Waals surface area contributed by atoms with Gasteiger partial charge in [0.25, 0.3) is 0 Å². The van der Waals surface area contributed by atoms with E-state index in [1.54, 1.807) is 5.57 Å². The normalized spacial score (nSPS) is 41.3. The first kappa shape index (κ1) is 29.2. The molecule has 3 saturated carbocycles. The highest BCUT2D eigenvalue weighted by Crippen LogP contribution is 2.72. The van der Waals surface area contributed by atoms with Crippen molar-refractivity contribution in [2.24, 2.45) is 51.8 Å². The zero-order valence-corrected chi connectivity index (χ0v) is 25.7. The molecule has 3 fully saturated rings. The molecule has 3 heteroatoms. The highest BCUT2D eigenvalue weighted by molar-refractivity contribution is 5.72. The molecule has 0 heterocycles. The molecule has 4 aliphatic rings. The Hall–Kier alpha value is -0.830. The van der Waals surface area contributed by atoms with Crippen molar-refractivity contribution in [3.63, 3.8) is 0 Å². The van der Waals surface area contributed by atoms with E-state index in [1.807, 2.05) is 20.8 Å². The van der Waals surface area contributed by atoms with Crippen molar-refractivity contribution in [3.05, 3.63) is 11.6 Å². The Labute approximate surface area is 228 Å². The fourth-order valence-corrected chi connectivity index (χ4v) is 9.96. The lowest BCUT2D eigenvalue weighted by Crippen LogP contribution is -2.56. The van der Waals surface area contributed by atoms with Gasteiger partial charge in [-0.3, -0.25) is 4.79 Å². The number of rotatable bonds is 8. The zero-order valence-electron chi connectivity index (χ0n) is 25.7. The number of fused-ring (bicyclic) bond motifs is 5. The zero-order chi connectivity index (χ0) is 27.4. The van der Waals surface area contributed by atoms with E-state index in [1.165, 1.54) is 38.5 Å². The summed E-state index contributed by atoms with van der Waals surface area (Å²) >= 11 is 0. The molecule has 0 aromatic heterocycles.